The third-order valence-corrected chi connectivity index (χ3v) is 3.49. The summed E-state index contributed by atoms with van der Waals surface area (Å²) in [6.45, 7) is 0. The number of hydrogen-bond acceptors (Lipinski definition) is 4. The fourth-order valence-corrected chi connectivity index (χ4v) is 2.26. The molecule has 0 spiro atoms. The second-order valence-electron chi connectivity index (χ2n) is 4.73. The lowest BCUT2D eigenvalue weighted by molar-refractivity contribution is -0.384. The lowest BCUT2D eigenvalue weighted by Crippen LogP contribution is -2.12. The Kier molecular flexibility index (Phi) is 3.86. The Labute approximate surface area is 135 Å². The summed E-state index contributed by atoms with van der Waals surface area (Å²) in [6.07, 6.45) is 0. The van der Waals surface area contributed by atoms with Crippen LogP contribution in [0.25, 0.3) is 5.69 Å². The van der Waals surface area contributed by atoms with E-state index in [4.69, 9.17) is 11.6 Å². The van der Waals surface area contributed by atoms with Crippen LogP contribution in [-0.2, 0) is 0 Å². The number of halogens is 1. The molecule has 0 unspecified atom stereocenters. The average Bonchev–Trinajstić information content (AvgIpc) is 2.90. The fourth-order valence-electron chi connectivity index (χ4n) is 2.10. The number of nitro groups is 1. The molecular weight excluding hydrogens is 320 g/mol. The largest absolute Gasteiger partial charge is 0.339 e. The van der Waals surface area contributed by atoms with Gasteiger partial charge in [-0.1, -0.05) is 29.8 Å². The molecule has 0 fully saturated rings. The number of para-hydroxylation sites is 1. The van der Waals surface area contributed by atoms with Crippen LogP contribution >= 0.6 is 11.6 Å². The average molecular weight is 331 g/mol. The Balaban J connectivity index is 1.95. The molecule has 0 saturated carbocycles. The van der Waals surface area contributed by atoms with Gasteiger partial charge in [0.15, 0.2) is 0 Å². The van der Waals surface area contributed by atoms with E-state index >= 15 is 0 Å². The highest BCUT2D eigenvalue weighted by Crippen LogP contribution is 2.28. The van der Waals surface area contributed by atoms with Gasteiger partial charge in [0.05, 0.1) is 21.3 Å². The summed E-state index contributed by atoms with van der Waals surface area (Å²) >= 11 is 6.03. The molecule has 0 saturated heterocycles. The quantitative estimate of drug-likeness (QED) is 0.566. The number of hydrogen-bond donors (Lipinski definition) is 2. The number of nitrogens with zero attached hydrogens (tertiary/aromatic N) is 2. The summed E-state index contributed by atoms with van der Waals surface area (Å²) in [6, 6.07) is 14.4. The van der Waals surface area contributed by atoms with Crippen LogP contribution in [0, 0.1) is 10.1 Å². The van der Waals surface area contributed by atoms with Gasteiger partial charge < -0.3 is 5.32 Å². The van der Waals surface area contributed by atoms with Gasteiger partial charge in [-0.15, -0.1) is 0 Å². The predicted molar refractivity (Wildman–Crippen MR) is 87.8 cm³/mol. The molecule has 7 nitrogen and oxygen atoms in total. The van der Waals surface area contributed by atoms with Gasteiger partial charge in [0.1, 0.15) is 5.82 Å². The Morgan fingerprint density at radius 2 is 1.87 bits per heavy atom. The van der Waals surface area contributed by atoms with Crippen LogP contribution in [0.1, 0.15) is 0 Å². The van der Waals surface area contributed by atoms with E-state index in [2.05, 4.69) is 10.4 Å². The molecule has 0 radical (unpaired) electrons. The van der Waals surface area contributed by atoms with Crippen LogP contribution in [0.15, 0.2) is 59.4 Å². The number of non-ortho nitro benzene ring substituents is 1. The van der Waals surface area contributed by atoms with Crippen molar-refractivity contribution < 1.29 is 4.92 Å². The van der Waals surface area contributed by atoms with E-state index in [1.807, 2.05) is 18.2 Å². The van der Waals surface area contributed by atoms with Crippen molar-refractivity contribution in [1.82, 2.24) is 9.78 Å². The van der Waals surface area contributed by atoms with Crippen molar-refractivity contribution in [2.45, 2.75) is 0 Å². The van der Waals surface area contributed by atoms with Crippen molar-refractivity contribution in [3.8, 4) is 5.69 Å². The van der Waals surface area contributed by atoms with Crippen LogP contribution in [0.4, 0.5) is 17.2 Å². The van der Waals surface area contributed by atoms with E-state index in [-0.39, 0.29) is 11.2 Å². The zero-order valence-electron chi connectivity index (χ0n) is 11.7. The van der Waals surface area contributed by atoms with Crippen LogP contribution in [0.2, 0.25) is 5.02 Å². The van der Waals surface area contributed by atoms with Gasteiger partial charge >= 0.3 is 0 Å². The van der Waals surface area contributed by atoms with Gasteiger partial charge in [0.2, 0.25) is 0 Å². The van der Waals surface area contributed by atoms with E-state index < -0.39 is 4.92 Å². The van der Waals surface area contributed by atoms with E-state index in [1.54, 1.807) is 12.1 Å². The van der Waals surface area contributed by atoms with E-state index in [9.17, 15) is 14.9 Å². The van der Waals surface area contributed by atoms with Gasteiger partial charge in [-0.25, -0.2) is 4.68 Å². The molecule has 23 heavy (non-hydrogen) atoms. The van der Waals surface area contributed by atoms with E-state index in [0.717, 1.165) is 0 Å². The first-order chi connectivity index (χ1) is 11.0. The molecule has 0 atom stereocenters. The highest BCUT2D eigenvalue weighted by molar-refractivity contribution is 6.33. The number of rotatable bonds is 4. The van der Waals surface area contributed by atoms with Crippen LogP contribution in [-0.4, -0.2) is 14.7 Å². The van der Waals surface area contributed by atoms with Gasteiger partial charge in [0.25, 0.3) is 11.2 Å². The number of benzene rings is 2. The number of nitrogens with one attached hydrogen (secondary N) is 2. The first-order valence-corrected chi connectivity index (χ1v) is 7.01. The first kappa shape index (κ1) is 14.9. The molecule has 3 rings (SSSR count). The smallest absolute Gasteiger partial charge is 0.273 e. The van der Waals surface area contributed by atoms with Crippen molar-refractivity contribution in [1.29, 1.82) is 0 Å². The molecule has 2 N–H and O–H groups in total. The number of H-pyrrole nitrogens is 1. The molecule has 116 valence electrons. The Hall–Kier alpha value is -3.06. The fraction of sp³-hybridized carbons (Fsp3) is 0. The topological polar surface area (TPSA) is 93.0 Å². The summed E-state index contributed by atoms with van der Waals surface area (Å²) < 4.78 is 1.35. The molecule has 0 bridgehead atoms. The van der Waals surface area contributed by atoms with Gasteiger partial charge in [-0.2, -0.15) is 0 Å². The maximum absolute atomic E-state index is 12.0. The minimum Gasteiger partial charge on any atom is -0.339 e. The van der Waals surface area contributed by atoms with Crippen molar-refractivity contribution in [3.05, 3.63) is 80.1 Å². The second-order valence-corrected chi connectivity index (χ2v) is 5.13. The van der Waals surface area contributed by atoms with Crippen molar-refractivity contribution in [2.24, 2.45) is 0 Å². The van der Waals surface area contributed by atoms with Gasteiger partial charge in [0, 0.05) is 18.2 Å². The lowest BCUT2D eigenvalue weighted by Gasteiger charge is -2.06. The SMILES string of the molecule is O=c1cc(Nc2cc([N+](=O)[O-])ccc2Cl)[nH]n1-c1ccccc1. The Bertz CT molecular complexity index is 918. The summed E-state index contributed by atoms with van der Waals surface area (Å²) in [4.78, 5) is 22.4. The number of anilines is 2. The molecule has 3 aromatic rings. The van der Waals surface area contributed by atoms with Gasteiger partial charge in [-0.3, -0.25) is 20.0 Å². The number of aromatic nitrogens is 2. The predicted octanol–water partition coefficient (Wildman–Crippen LogP) is 3.47. The zero-order valence-corrected chi connectivity index (χ0v) is 12.4. The van der Waals surface area contributed by atoms with E-state index in [0.29, 0.717) is 22.2 Å². The summed E-state index contributed by atoms with van der Waals surface area (Å²) in [5.74, 6) is 0.376. The number of aromatic amines is 1. The standard InChI is InChI=1S/C15H11ClN4O3/c16-12-7-6-11(20(22)23)8-13(12)17-14-9-15(21)19(18-14)10-4-2-1-3-5-10/h1-9,17-18H. The van der Waals surface area contributed by atoms with Crippen molar-refractivity contribution in [3.63, 3.8) is 0 Å². The van der Waals surface area contributed by atoms with Crippen molar-refractivity contribution in [2.75, 3.05) is 5.32 Å². The molecule has 0 aliphatic carbocycles. The Morgan fingerprint density at radius 3 is 2.57 bits per heavy atom. The first-order valence-electron chi connectivity index (χ1n) is 6.63. The second kappa shape index (κ2) is 5.98. The highest BCUT2D eigenvalue weighted by Gasteiger charge is 2.11. The summed E-state index contributed by atoms with van der Waals surface area (Å²) in [5.41, 5.74) is 0.653. The van der Waals surface area contributed by atoms with Crippen LogP contribution in [0.3, 0.4) is 0 Å². The third kappa shape index (κ3) is 3.09. The molecule has 1 heterocycles. The third-order valence-electron chi connectivity index (χ3n) is 3.16. The molecule has 1 aromatic heterocycles. The lowest BCUT2D eigenvalue weighted by atomic mass is 10.3. The summed E-state index contributed by atoms with van der Waals surface area (Å²) in [5, 5.41) is 16.9. The normalized spacial score (nSPS) is 10.5. The molecule has 0 amide bonds. The molecule has 0 aliphatic rings. The van der Waals surface area contributed by atoms with Crippen LogP contribution < -0.4 is 10.9 Å². The molecular formula is C15H11ClN4O3. The monoisotopic (exact) mass is 330 g/mol. The molecule has 0 aliphatic heterocycles. The molecule has 2 aromatic carbocycles. The van der Waals surface area contributed by atoms with E-state index in [1.165, 1.54) is 28.9 Å². The van der Waals surface area contributed by atoms with Crippen LogP contribution in [0.5, 0.6) is 0 Å². The summed E-state index contributed by atoms with van der Waals surface area (Å²) in [7, 11) is 0. The number of nitro benzene ring substituents is 1. The van der Waals surface area contributed by atoms with Crippen molar-refractivity contribution >= 4 is 28.8 Å². The highest BCUT2D eigenvalue weighted by atomic mass is 35.5. The Morgan fingerprint density at radius 1 is 1.13 bits per heavy atom. The minimum atomic E-state index is -0.514. The zero-order chi connectivity index (χ0) is 16.4. The maximum atomic E-state index is 12.0. The maximum Gasteiger partial charge on any atom is 0.273 e. The molecule has 8 heteroatoms. The van der Waals surface area contributed by atoms with Gasteiger partial charge in [-0.05, 0) is 18.2 Å². The minimum absolute atomic E-state index is 0.0956.